The molecule has 27 heavy (non-hydrogen) atoms. The summed E-state index contributed by atoms with van der Waals surface area (Å²) >= 11 is 5.91. The maximum absolute atomic E-state index is 13.9. The second-order valence-electron chi connectivity index (χ2n) is 6.88. The molecule has 1 amide bonds. The number of amides is 1. The highest BCUT2D eigenvalue weighted by Gasteiger charge is 2.36. The molecule has 0 radical (unpaired) electrons. The zero-order valence-corrected chi connectivity index (χ0v) is 15.3. The van der Waals surface area contributed by atoms with Gasteiger partial charge in [0.25, 0.3) is 5.91 Å². The van der Waals surface area contributed by atoms with Crippen LogP contribution in [0, 0.1) is 5.82 Å². The predicted molar refractivity (Wildman–Crippen MR) is 97.2 cm³/mol. The Bertz CT molecular complexity index is 863. The summed E-state index contributed by atoms with van der Waals surface area (Å²) in [5.74, 6) is -0.419. The van der Waals surface area contributed by atoms with Crippen molar-refractivity contribution >= 4 is 17.5 Å². The number of hydrogen-bond acceptors (Lipinski definition) is 4. The van der Waals surface area contributed by atoms with Crippen molar-refractivity contribution in [2.24, 2.45) is 0 Å². The number of carbonyl (C=O) groups is 1. The van der Waals surface area contributed by atoms with E-state index in [9.17, 15) is 14.3 Å². The molecule has 2 heterocycles. The molecule has 7 heteroatoms. The van der Waals surface area contributed by atoms with E-state index < -0.39 is 11.4 Å². The Balaban J connectivity index is 1.52. The van der Waals surface area contributed by atoms with E-state index in [1.165, 1.54) is 12.1 Å². The van der Waals surface area contributed by atoms with E-state index >= 15 is 0 Å². The largest absolute Gasteiger partial charge is 0.466 e. The Morgan fingerprint density at radius 1 is 1.19 bits per heavy atom. The van der Waals surface area contributed by atoms with Crippen molar-refractivity contribution in [2.75, 3.05) is 19.9 Å². The lowest BCUT2D eigenvalue weighted by Gasteiger charge is -2.39. The molecule has 1 fully saturated rings. The molecule has 2 aromatic carbocycles. The molecule has 1 saturated heterocycles. The zero-order valence-electron chi connectivity index (χ0n) is 14.6. The molecule has 0 aromatic heterocycles. The van der Waals surface area contributed by atoms with Gasteiger partial charge in [0.1, 0.15) is 11.6 Å². The third-order valence-electron chi connectivity index (χ3n) is 5.16. The number of nitrogens with zero attached hydrogens (tertiary/aromatic N) is 1. The number of aliphatic hydroxyl groups is 1. The molecule has 0 spiro atoms. The van der Waals surface area contributed by atoms with Crippen LogP contribution >= 0.6 is 11.6 Å². The molecule has 2 aliphatic rings. The Hall–Kier alpha value is -2.15. The van der Waals surface area contributed by atoms with E-state index in [0.29, 0.717) is 42.3 Å². The van der Waals surface area contributed by atoms with E-state index in [2.05, 4.69) is 0 Å². The standard InChI is InChI=1S/C20H19ClFNO4/c21-15-3-1-14(2-4-15)20(25)5-7-23(8-6-20)19(24)17-10-16(22)9-13-11-26-12-27-18(13)17/h1-4,9-10,25H,5-8,11-12H2. The number of hydrogen-bond donors (Lipinski definition) is 1. The minimum atomic E-state index is -1.01. The summed E-state index contributed by atoms with van der Waals surface area (Å²) in [6.07, 6.45) is 0.781. The molecule has 2 aromatic rings. The molecule has 0 atom stereocenters. The molecule has 4 rings (SSSR count). The smallest absolute Gasteiger partial charge is 0.257 e. The lowest BCUT2D eigenvalue weighted by atomic mass is 9.84. The Morgan fingerprint density at radius 2 is 1.89 bits per heavy atom. The number of halogens is 2. The molecule has 5 nitrogen and oxygen atoms in total. The minimum Gasteiger partial charge on any atom is -0.466 e. The zero-order chi connectivity index (χ0) is 19.0. The van der Waals surface area contributed by atoms with Gasteiger partial charge in [0.2, 0.25) is 0 Å². The summed E-state index contributed by atoms with van der Waals surface area (Å²) in [6, 6.07) is 9.61. The Kier molecular flexibility index (Phi) is 4.80. The van der Waals surface area contributed by atoms with Crippen molar-refractivity contribution in [2.45, 2.75) is 25.0 Å². The van der Waals surface area contributed by atoms with Gasteiger partial charge in [-0.3, -0.25) is 4.79 Å². The normalized spacial score (nSPS) is 18.6. The molecule has 2 aliphatic heterocycles. The second kappa shape index (κ2) is 7.11. The van der Waals surface area contributed by atoms with E-state index in [0.717, 1.165) is 5.56 Å². The lowest BCUT2D eigenvalue weighted by Crippen LogP contribution is -2.45. The van der Waals surface area contributed by atoms with Crippen LogP contribution in [-0.2, 0) is 16.9 Å². The topological polar surface area (TPSA) is 59.0 Å². The van der Waals surface area contributed by atoms with Gasteiger partial charge in [0, 0.05) is 23.7 Å². The van der Waals surface area contributed by atoms with Gasteiger partial charge in [0.15, 0.2) is 6.79 Å². The number of ether oxygens (including phenoxy) is 2. The summed E-state index contributed by atoms with van der Waals surface area (Å²) in [6.45, 7) is 0.971. The van der Waals surface area contributed by atoms with Crippen molar-refractivity contribution in [1.82, 2.24) is 4.90 Å². The van der Waals surface area contributed by atoms with Crippen LogP contribution in [-0.4, -0.2) is 35.8 Å². The van der Waals surface area contributed by atoms with Crippen LogP contribution in [0.25, 0.3) is 0 Å². The van der Waals surface area contributed by atoms with E-state index in [1.54, 1.807) is 29.2 Å². The first-order valence-corrected chi connectivity index (χ1v) is 9.15. The summed E-state index contributed by atoms with van der Waals surface area (Å²) in [4.78, 5) is 14.6. The lowest BCUT2D eigenvalue weighted by molar-refractivity contribution is -0.0232. The SMILES string of the molecule is O=C(c1cc(F)cc2c1OCOC2)N1CCC(O)(c2ccc(Cl)cc2)CC1. The molecule has 142 valence electrons. The van der Waals surface area contributed by atoms with Crippen molar-refractivity contribution in [3.05, 3.63) is 63.9 Å². The molecule has 0 bridgehead atoms. The number of rotatable bonds is 2. The van der Waals surface area contributed by atoms with E-state index in [4.69, 9.17) is 21.1 Å². The summed E-state index contributed by atoms with van der Waals surface area (Å²) in [5, 5.41) is 11.6. The number of fused-ring (bicyclic) bond motifs is 1. The van der Waals surface area contributed by atoms with Gasteiger partial charge >= 0.3 is 0 Å². The van der Waals surface area contributed by atoms with Crippen molar-refractivity contribution in [3.63, 3.8) is 0 Å². The maximum Gasteiger partial charge on any atom is 0.257 e. The molecular weight excluding hydrogens is 373 g/mol. The molecular formula is C20H19ClFNO4. The maximum atomic E-state index is 13.9. The highest BCUT2D eigenvalue weighted by atomic mass is 35.5. The fourth-order valence-corrected chi connectivity index (χ4v) is 3.76. The quantitative estimate of drug-likeness (QED) is 0.851. The van der Waals surface area contributed by atoms with Crippen molar-refractivity contribution in [1.29, 1.82) is 0 Å². The average molecular weight is 392 g/mol. The van der Waals surface area contributed by atoms with Crippen LogP contribution in [0.5, 0.6) is 5.75 Å². The van der Waals surface area contributed by atoms with Crippen LogP contribution < -0.4 is 4.74 Å². The third kappa shape index (κ3) is 3.52. The fourth-order valence-electron chi connectivity index (χ4n) is 3.64. The summed E-state index contributed by atoms with van der Waals surface area (Å²) in [7, 11) is 0. The van der Waals surface area contributed by atoms with E-state index in [-0.39, 0.29) is 24.9 Å². The van der Waals surface area contributed by atoms with Crippen LogP contribution in [0.1, 0.15) is 34.3 Å². The van der Waals surface area contributed by atoms with Crippen LogP contribution in [0.2, 0.25) is 5.02 Å². The van der Waals surface area contributed by atoms with Crippen LogP contribution in [0.3, 0.4) is 0 Å². The second-order valence-corrected chi connectivity index (χ2v) is 7.32. The Labute approximate surface area is 161 Å². The number of benzene rings is 2. The van der Waals surface area contributed by atoms with Gasteiger partial charge in [0.05, 0.1) is 17.8 Å². The third-order valence-corrected chi connectivity index (χ3v) is 5.42. The van der Waals surface area contributed by atoms with Crippen LogP contribution in [0.15, 0.2) is 36.4 Å². The predicted octanol–water partition coefficient (Wildman–Crippen LogP) is 3.47. The van der Waals surface area contributed by atoms with Gasteiger partial charge in [-0.15, -0.1) is 0 Å². The molecule has 0 saturated carbocycles. The fraction of sp³-hybridized carbons (Fsp3) is 0.350. The average Bonchev–Trinajstić information content (AvgIpc) is 2.68. The summed E-state index contributed by atoms with van der Waals surface area (Å²) in [5.41, 5.74) is 0.500. The number of likely N-dealkylation sites (tertiary alicyclic amines) is 1. The van der Waals surface area contributed by atoms with Gasteiger partial charge in [-0.25, -0.2) is 4.39 Å². The molecule has 1 N–H and O–H groups in total. The van der Waals surface area contributed by atoms with Crippen molar-refractivity contribution in [3.8, 4) is 5.75 Å². The monoisotopic (exact) mass is 391 g/mol. The van der Waals surface area contributed by atoms with Crippen LogP contribution in [0.4, 0.5) is 4.39 Å². The van der Waals surface area contributed by atoms with Gasteiger partial charge in [-0.1, -0.05) is 23.7 Å². The summed E-state index contributed by atoms with van der Waals surface area (Å²) < 4.78 is 24.5. The van der Waals surface area contributed by atoms with E-state index in [1.807, 2.05) is 0 Å². The first-order valence-electron chi connectivity index (χ1n) is 8.77. The highest BCUT2D eigenvalue weighted by Crippen LogP contribution is 2.35. The molecule has 0 unspecified atom stereocenters. The first kappa shape index (κ1) is 18.2. The van der Waals surface area contributed by atoms with Gasteiger partial charge in [-0.05, 0) is 42.7 Å². The number of piperidine rings is 1. The number of carbonyl (C=O) groups excluding carboxylic acids is 1. The molecule has 0 aliphatic carbocycles. The van der Waals surface area contributed by atoms with Gasteiger partial charge in [-0.2, -0.15) is 0 Å². The Morgan fingerprint density at radius 3 is 2.59 bits per heavy atom. The highest BCUT2D eigenvalue weighted by molar-refractivity contribution is 6.30. The minimum absolute atomic E-state index is 0.0369. The first-order chi connectivity index (χ1) is 13.0. The van der Waals surface area contributed by atoms with Crippen molar-refractivity contribution < 1.29 is 23.8 Å². The van der Waals surface area contributed by atoms with Gasteiger partial charge < -0.3 is 19.5 Å².